The van der Waals surface area contributed by atoms with Gasteiger partial charge in [0.2, 0.25) is 5.91 Å². The van der Waals surface area contributed by atoms with E-state index < -0.39 is 0 Å². The Morgan fingerprint density at radius 1 is 1.29 bits per heavy atom. The third-order valence-electron chi connectivity index (χ3n) is 2.65. The highest BCUT2D eigenvalue weighted by Crippen LogP contribution is 2.28. The van der Waals surface area contributed by atoms with E-state index in [1.807, 2.05) is 0 Å². The van der Waals surface area contributed by atoms with Crippen molar-refractivity contribution in [2.45, 2.75) is 4.90 Å². The molecule has 4 nitrogen and oxygen atoms in total. The molecule has 0 aliphatic rings. The summed E-state index contributed by atoms with van der Waals surface area (Å²) in [4.78, 5) is 12.6. The molecule has 2 aromatic rings. The number of hydrogen-bond donors (Lipinski definition) is 2. The molecule has 0 fully saturated rings. The van der Waals surface area contributed by atoms with E-state index >= 15 is 0 Å². The Hall–Kier alpha value is -2.21. The largest absolute Gasteiger partial charge is 0.504 e. The van der Waals surface area contributed by atoms with E-state index in [1.165, 1.54) is 37.1 Å². The van der Waals surface area contributed by atoms with Crippen LogP contribution in [0.2, 0.25) is 0 Å². The number of ether oxygens (including phenoxy) is 1. The Labute approximate surface area is 125 Å². The van der Waals surface area contributed by atoms with Crippen LogP contribution in [0.4, 0.5) is 10.1 Å². The van der Waals surface area contributed by atoms with Crippen LogP contribution in [-0.2, 0) is 4.79 Å². The molecule has 0 spiro atoms. The molecule has 6 heteroatoms. The molecule has 0 bridgehead atoms. The Morgan fingerprint density at radius 3 is 2.62 bits per heavy atom. The summed E-state index contributed by atoms with van der Waals surface area (Å²) < 4.78 is 17.7. The van der Waals surface area contributed by atoms with E-state index in [4.69, 9.17) is 4.74 Å². The smallest absolute Gasteiger partial charge is 0.234 e. The fourth-order valence-electron chi connectivity index (χ4n) is 1.64. The number of aromatic hydroxyl groups is 1. The van der Waals surface area contributed by atoms with Crippen LogP contribution in [0, 0.1) is 5.82 Å². The molecule has 2 rings (SSSR count). The molecule has 110 valence electrons. The van der Waals surface area contributed by atoms with Crippen LogP contribution in [0.5, 0.6) is 11.5 Å². The summed E-state index contributed by atoms with van der Waals surface area (Å²) in [6.07, 6.45) is 0. The average Bonchev–Trinajstić information content (AvgIpc) is 2.47. The van der Waals surface area contributed by atoms with E-state index in [1.54, 1.807) is 24.3 Å². The van der Waals surface area contributed by atoms with Gasteiger partial charge in [-0.05, 0) is 36.4 Å². The predicted molar refractivity (Wildman–Crippen MR) is 80.4 cm³/mol. The van der Waals surface area contributed by atoms with Gasteiger partial charge in [-0.1, -0.05) is 0 Å². The number of nitrogens with one attached hydrogen (secondary N) is 1. The van der Waals surface area contributed by atoms with Crippen LogP contribution in [0.3, 0.4) is 0 Å². The Balaban J connectivity index is 1.89. The van der Waals surface area contributed by atoms with Gasteiger partial charge in [-0.2, -0.15) is 0 Å². The minimum Gasteiger partial charge on any atom is -0.504 e. The van der Waals surface area contributed by atoms with Crippen molar-refractivity contribution in [2.24, 2.45) is 0 Å². The van der Waals surface area contributed by atoms with Crippen LogP contribution in [0.15, 0.2) is 47.4 Å². The van der Waals surface area contributed by atoms with Crippen molar-refractivity contribution in [1.82, 2.24) is 0 Å². The van der Waals surface area contributed by atoms with Crippen LogP contribution in [0.1, 0.15) is 0 Å². The van der Waals surface area contributed by atoms with Crippen molar-refractivity contribution in [3.8, 4) is 11.5 Å². The molecule has 2 N–H and O–H groups in total. The quantitative estimate of drug-likeness (QED) is 0.832. The van der Waals surface area contributed by atoms with Gasteiger partial charge in [0.25, 0.3) is 0 Å². The van der Waals surface area contributed by atoms with Gasteiger partial charge in [-0.25, -0.2) is 4.39 Å². The molecule has 0 heterocycles. The molecule has 0 aromatic heterocycles. The lowest BCUT2D eigenvalue weighted by molar-refractivity contribution is -0.113. The molecular weight excluding hydrogens is 293 g/mol. The predicted octanol–water partition coefficient (Wildman–Crippen LogP) is 3.27. The number of anilines is 1. The summed E-state index contributed by atoms with van der Waals surface area (Å²) in [7, 11) is 1.45. The van der Waals surface area contributed by atoms with Crippen molar-refractivity contribution in [3.63, 3.8) is 0 Å². The first-order valence-electron chi connectivity index (χ1n) is 6.13. The van der Waals surface area contributed by atoms with Gasteiger partial charge in [-0.3, -0.25) is 4.79 Å². The molecule has 0 atom stereocenters. The molecule has 0 aliphatic carbocycles. The average molecular weight is 307 g/mol. The van der Waals surface area contributed by atoms with Gasteiger partial charge in [0.15, 0.2) is 11.5 Å². The van der Waals surface area contributed by atoms with Crippen molar-refractivity contribution in [1.29, 1.82) is 0 Å². The van der Waals surface area contributed by atoms with Crippen molar-refractivity contribution in [2.75, 3.05) is 18.2 Å². The third-order valence-corrected chi connectivity index (χ3v) is 3.66. The maximum absolute atomic E-state index is 12.8. The topological polar surface area (TPSA) is 58.6 Å². The fourth-order valence-corrected chi connectivity index (χ4v) is 2.34. The van der Waals surface area contributed by atoms with E-state index in [0.717, 1.165) is 4.90 Å². The molecular formula is C15H14FNO3S. The molecule has 2 aromatic carbocycles. The van der Waals surface area contributed by atoms with Gasteiger partial charge in [-0.15, -0.1) is 11.8 Å². The van der Waals surface area contributed by atoms with Crippen LogP contribution < -0.4 is 10.1 Å². The Kier molecular flexibility index (Phi) is 5.05. The van der Waals surface area contributed by atoms with Gasteiger partial charge in [0.1, 0.15) is 5.82 Å². The molecule has 1 amide bonds. The third kappa shape index (κ3) is 4.39. The second kappa shape index (κ2) is 6.99. The standard InChI is InChI=1S/C15H14FNO3S/c1-20-14-7-4-11(8-13(14)18)17-15(19)9-21-12-5-2-10(16)3-6-12/h2-8,18H,9H2,1H3,(H,17,19). The lowest BCUT2D eigenvalue weighted by Gasteiger charge is -2.08. The molecule has 0 saturated carbocycles. The second-order valence-corrected chi connectivity index (χ2v) is 5.23. The zero-order chi connectivity index (χ0) is 15.2. The monoisotopic (exact) mass is 307 g/mol. The summed E-state index contributed by atoms with van der Waals surface area (Å²) in [5.41, 5.74) is 0.484. The Bertz CT molecular complexity index is 631. The van der Waals surface area contributed by atoms with Gasteiger partial charge < -0.3 is 15.2 Å². The van der Waals surface area contributed by atoms with Crippen LogP contribution in [-0.4, -0.2) is 23.9 Å². The van der Waals surface area contributed by atoms with Gasteiger partial charge in [0, 0.05) is 16.6 Å². The summed E-state index contributed by atoms with van der Waals surface area (Å²) in [6, 6.07) is 10.6. The number of carbonyl (C=O) groups is 1. The number of hydrogen-bond acceptors (Lipinski definition) is 4. The lowest BCUT2D eigenvalue weighted by Crippen LogP contribution is -2.13. The first kappa shape index (κ1) is 15.2. The summed E-state index contributed by atoms with van der Waals surface area (Å²) in [5, 5.41) is 12.3. The minimum atomic E-state index is -0.308. The van der Waals surface area contributed by atoms with E-state index in [0.29, 0.717) is 11.4 Å². The van der Waals surface area contributed by atoms with Gasteiger partial charge in [0.05, 0.1) is 12.9 Å². The number of halogens is 1. The number of phenolic OH excluding ortho intramolecular Hbond substituents is 1. The summed E-state index contributed by atoms with van der Waals surface area (Å²) in [6.45, 7) is 0. The maximum Gasteiger partial charge on any atom is 0.234 e. The van der Waals surface area contributed by atoms with Crippen LogP contribution in [0.25, 0.3) is 0 Å². The molecule has 0 radical (unpaired) electrons. The molecule has 0 saturated heterocycles. The number of methoxy groups -OCH3 is 1. The van der Waals surface area contributed by atoms with Gasteiger partial charge >= 0.3 is 0 Å². The number of amides is 1. The molecule has 0 unspecified atom stereocenters. The maximum atomic E-state index is 12.8. The number of thioether (sulfide) groups is 1. The summed E-state index contributed by atoms with van der Waals surface area (Å²) >= 11 is 1.30. The first-order chi connectivity index (χ1) is 10.1. The number of rotatable bonds is 5. The van der Waals surface area contributed by atoms with Crippen LogP contribution >= 0.6 is 11.8 Å². The molecule has 21 heavy (non-hydrogen) atoms. The van der Waals surface area contributed by atoms with E-state index in [2.05, 4.69) is 5.32 Å². The lowest BCUT2D eigenvalue weighted by atomic mass is 10.3. The first-order valence-corrected chi connectivity index (χ1v) is 7.12. The number of phenols is 1. The van der Waals surface area contributed by atoms with E-state index in [-0.39, 0.29) is 23.2 Å². The number of benzene rings is 2. The highest BCUT2D eigenvalue weighted by molar-refractivity contribution is 8.00. The fraction of sp³-hybridized carbons (Fsp3) is 0.133. The highest BCUT2D eigenvalue weighted by Gasteiger charge is 2.07. The molecule has 0 aliphatic heterocycles. The minimum absolute atomic E-state index is 0.0403. The zero-order valence-electron chi connectivity index (χ0n) is 11.3. The second-order valence-electron chi connectivity index (χ2n) is 4.18. The normalized spacial score (nSPS) is 10.2. The van der Waals surface area contributed by atoms with Crippen molar-refractivity contribution >= 4 is 23.4 Å². The zero-order valence-corrected chi connectivity index (χ0v) is 12.1. The van der Waals surface area contributed by atoms with Crippen molar-refractivity contribution in [3.05, 3.63) is 48.3 Å². The number of carbonyl (C=O) groups excluding carboxylic acids is 1. The highest BCUT2D eigenvalue weighted by atomic mass is 32.2. The van der Waals surface area contributed by atoms with E-state index in [9.17, 15) is 14.3 Å². The Morgan fingerprint density at radius 2 is 2.00 bits per heavy atom. The van der Waals surface area contributed by atoms with Crippen molar-refractivity contribution < 1.29 is 19.0 Å². The summed E-state index contributed by atoms with van der Waals surface area (Å²) in [5.74, 6) is -0.0279. The SMILES string of the molecule is COc1ccc(NC(=O)CSc2ccc(F)cc2)cc1O.